The molecule has 29 heavy (non-hydrogen) atoms. The molecular formula is C22H26N4O2S. The van der Waals surface area contributed by atoms with Crippen molar-refractivity contribution in [3.8, 4) is 17.0 Å². The van der Waals surface area contributed by atoms with Gasteiger partial charge in [-0.25, -0.2) is 4.98 Å². The number of hydrogen-bond acceptors (Lipinski definition) is 5. The van der Waals surface area contributed by atoms with Gasteiger partial charge < -0.3 is 15.0 Å². The number of aromatic amines is 1. The smallest absolute Gasteiger partial charge is 0.234 e. The van der Waals surface area contributed by atoms with E-state index in [1.165, 1.54) is 4.88 Å². The topological polar surface area (TPSA) is 70.2 Å². The molecule has 1 aromatic carbocycles. The van der Waals surface area contributed by atoms with Crippen LogP contribution in [0.4, 0.5) is 0 Å². The van der Waals surface area contributed by atoms with E-state index < -0.39 is 0 Å². The van der Waals surface area contributed by atoms with Crippen LogP contribution >= 0.6 is 11.3 Å². The highest BCUT2D eigenvalue weighted by Gasteiger charge is 2.30. The van der Waals surface area contributed by atoms with E-state index in [2.05, 4.69) is 26.3 Å². The first-order chi connectivity index (χ1) is 14.1. The lowest BCUT2D eigenvalue weighted by molar-refractivity contribution is -0.123. The third-order valence-electron chi connectivity index (χ3n) is 5.35. The van der Waals surface area contributed by atoms with E-state index in [4.69, 9.17) is 4.74 Å². The van der Waals surface area contributed by atoms with Crippen LogP contribution in [-0.4, -0.2) is 41.0 Å². The Morgan fingerprint density at radius 2 is 2.31 bits per heavy atom. The Labute approximate surface area is 174 Å². The van der Waals surface area contributed by atoms with Gasteiger partial charge in [0.1, 0.15) is 11.6 Å². The van der Waals surface area contributed by atoms with Crippen molar-refractivity contribution in [3.05, 3.63) is 58.7 Å². The summed E-state index contributed by atoms with van der Waals surface area (Å²) in [4.78, 5) is 24.0. The molecule has 0 spiro atoms. The highest BCUT2D eigenvalue weighted by atomic mass is 32.1. The molecule has 0 unspecified atom stereocenters. The molecule has 2 aromatic heterocycles. The molecule has 1 aliphatic rings. The second-order valence-electron chi connectivity index (χ2n) is 7.35. The van der Waals surface area contributed by atoms with E-state index in [0.717, 1.165) is 42.2 Å². The number of thiophene rings is 1. The Kier molecular flexibility index (Phi) is 5.97. The Balaban J connectivity index is 1.42. The zero-order chi connectivity index (χ0) is 20.2. The molecule has 0 radical (unpaired) electrons. The van der Waals surface area contributed by atoms with E-state index in [1.54, 1.807) is 18.4 Å². The number of rotatable bonds is 7. The first-order valence-corrected chi connectivity index (χ1v) is 10.8. The van der Waals surface area contributed by atoms with Gasteiger partial charge in [0.25, 0.3) is 0 Å². The van der Waals surface area contributed by atoms with E-state index in [1.807, 2.05) is 48.8 Å². The minimum atomic E-state index is 0.0341. The monoisotopic (exact) mass is 410 g/mol. The third-order valence-corrected chi connectivity index (χ3v) is 6.40. The average Bonchev–Trinajstić information content (AvgIpc) is 3.48. The van der Waals surface area contributed by atoms with Crippen LogP contribution < -0.4 is 10.1 Å². The van der Waals surface area contributed by atoms with Gasteiger partial charge in [-0.3, -0.25) is 9.69 Å². The number of hydrogen-bond donors (Lipinski definition) is 2. The maximum atomic E-state index is 12.6. The van der Waals surface area contributed by atoms with Crippen molar-refractivity contribution in [1.29, 1.82) is 0 Å². The number of nitrogens with zero attached hydrogens (tertiary/aromatic N) is 2. The maximum Gasteiger partial charge on any atom is 0.234 e. The highest BCUT2D eigenvalue weighted by Crippen LogP contribution is 2.31. The van der Waals surface area contributed by atoms with Gasteiger partial charge in [-0.1, -0.05) is 18.2 Å². The van der Waals surface area contributed by atoms with Gasteiger partial charge in [-0.05, 0) is 49.9 Å². The standard InChI is InChI=1S/C22H26N4O2S/c1-15(20-9-5-11-29-20)24-21(27)14-26-10-4-8-19(26)22-23-13-18(25-22)16-6-3-7-17(12-16)28-2/h3,5-7,9,11-13,15,19H,4,8,10,14H2,1-2H3,(H,23,25)(H,24,27)/t15-,19-/m0/s1. The number of carbonyl (C=O) groups is 1. The van der Waals surface area contributed by atoms with Crippen LogP contribution in [0, 0.1) is 0 Å². The van der Waals surface area contributed by atoms with Crippen LogP contribution in [0.5, 0.6) is 5.75 Å². The van der Waals surface area contributed by atoms with Crippen molar-refractivity contribution in [3.63, 3.8) is 0 Å². The van der Waals surface area contributed by atoms with E-state index in [9.17, 15) is 4.79 Å². The van der Waals surface area contributed by atoms with E-state index in [0.29, 0.717) is 6.54 Å². The molecule has 152 valence electrons. The number of nitrogens with one attached hydrogen (secondary N) is 2. The van der Waals surface area contributed by atoms with E-state index in [-0.39, 0.29) is 18.0 Å². The second kappa shape index (κ2) is 8.80. The molecule has 1 fully saturated rings. The normalized spacial score (nSPS) is 17.9. The molecule has 0 saturated carbocycles. The largest absolute Gasteiger partial charge is 0.497 e. The van der Waals surface area contributed by atoms with Gasteiger partial charge in [-0.15, -0.1) is 11.3 Å². The Morgan fingerprint density at radius 3 is 3.10 bits per heavy atom. The molecule has 0 aliphatic carbocycles. The Morgan fingerprint density at radius 1 is 1.41 bits per heavy atom. The van der Waals surface area contributed by atoms with Gasteiger partial charge in [0.15, 0.2) is 0 Å². The summed E-state index contributed by atoms with van der Waals surface area (Å²) in [7, 11) is 1.66. The van der Waals surface area contributed by atoms with Crippen LogP contribution in [0.2, 0.25) is 0 Å². The van der Waals surface area contributed by atoms with Crippen LogP contribution in [0.15, 0.2) is 48.0 Å². The lowest BCUT2D eigenvalue weighted by Gasteiger charge is -2.23. The van der Waals surface area contributed by atoms with Crippen LogP contribution in [0.3, 0.4) is 0 Å². The predicted molar refractivity (Wildman–Crippen MR) is 115 cm³/mol. The lowest BCUT2D eigenvalue weighted by Crippen LogP contribution is -2.38. The van der Waals surface area contributed by atoms with Gasteiger partial charge in [0, 0.05) is 10.4 Å². The number of H-pyrrole nitrogens is 1. The predicted octanol–water partition coefficient (Wildman–Crippen LogP) is 4.16. The first-order valence-electron chi connectivity index (χ1n) is 9.90. The molecule has 2 N–H and O–H groups in total. The molecule has 0 bridgehead atoms. The number of methoxy groups -OCH3 is 1. The van der Waals surface area contributed by atoms with Crippen LogP contribution in [0.1, 0.15) is 42.6 Å². The summed E-state index contributed by atoms with van der Waals surface area (Å²) in [6.07, 6.45) is 3.92. The SMILES string of the molecule is COc1cccc(-c2cnc([C@@H]3CCCN3CC(=O)N[C@@H](C)c3cccs3)[nH]2)c1. The Hall–Kier alpha value is -2.64. The molecule has 1 amide bonds. The summed E-state index contributed by atoms with van der Waals surface area (Å²) in [5, 5.41) is 5.14. The summed E-state index contributed by atoms with van der Waals surface area (Å²) in [5.74, 6) is 1.79. The van der Waals surface area contributed by atoms with Crippen molar-refractivity contribution < 1.29 is 9.53 Å². The second-order valence-corrected chi connectivity index (χ2v) is 8.33. The molecule has 1 saturated heterocycles. The number of aromatic nitrogens is 2. The molecule has 6 nitrogen and oxygen atoms in total. The minimum absolute atomic E-state index is 0.0341. The van der Waals surface area contributed by atoms with Crippen molar-refractivity contribution >= 4 is 17.2 Å². The summed E-state index contributed by atoms with van der Waals surface area (Å²) in [6, 6.07) is 12.1. The van der Waals surface area contributed by atoms with Gasteiger partial charge in [-0.2, -0.15) is 0 Å². The summed E-state index contributed by atoms with van der Waals surface area (Å²) in [5.41, 5.74) is 2.00. The molecule has 3 aromatic rings. The number of imidazole rings is 1. The molecule has 2 atom stereocenters. The Bertz CT molecular complexity index is 953. The molecular weight excluding hydrogens is 384 g/mol. The van der Waals surface area contributed by atoms with Gasteiger partial charge >= 0.3 is 0 Å². The van der Waals surface area contributed by atoms with Gasteiger partial charge in [0.2, 0.25) is 5.91 Å². The maximum absolute atomic E-state index is 12.6. The quantitative estimate of drug-likeness (QED) is 0.614. The van der Waals surface area contributed by atoms with Crippen LogP contribution in [-0.2, 0) is 4.79 Å². The van der Waals surface area contributed by atoms with Crippen molar-refractivity contribution in [2.45, 2.75) is 31.8 Å². The molecule has 4 rings (SSSR count). The molecule has 3 heterocycles. The summed E-state index contributed by atoms with van der Waals surface area (Å²) in [6.45, 7) is 3.31. The molecule has 1 aliphatic heterocycles. The van der Waals surface area contributed by atoms with Crippen LogP contribution in [0.25, 0.3) is 11.3 Å². The fourth-order valence-electron chi connectivity index (χ4n) is 3.85. The fourth-order valence-corrected chi connectivity index (χ4v) is 4.58. The number of amides is 1. The third kappa shape index (κ3) is 4.52. The van der Waals surface area contributed by atoms with Crippen molar-refractivity contribution in [2.75, 3.05) is 20.2 Å². The van der Waals surface area contributed by atoms with Crippen molar-refractivity contribution in [1.82, 2.24) is 20.2 Å². The first kappa shape index (κ1) is 19.7. The summed E-state index contributed by atoms with van der Waals surface area (Å²) < 4.78 is 5.32. The number of carbonyl (C=O) groups excluding carboxylic acids is 1. The fraction of sp³-hybridized carbons (Fsp3) is 0.364. The van der Waals surface area contributed by atoms with Gasteiger partial charge in [0.05, 0.1) is 37.6 Å². The zero-order valence-electron chi connectivity index (χ0n) is 16.7. The highest BCUT2D eigenvalue weighted by molar-refractivity contribution is 7.10. The zero-order valence-corrected chi connectivity index (χ0v) is 17.5. The average molecular weight is 411 g/mol. The lowest BCUT2D eigenvalue weighted by atomic mass is 10.1. The number of ether oxygens (including phenoxy) is 1. The minimum Gasteiger partial charge on any atom is -0.497 e. The van der Waals surface area contributed by atoms with Crippen molar-refractivity contribution in [2.24, 2.45) is 0 Å². The van der Waals surface area contributed by atoms with E-state index >= 15 is 0 Å². The number of benzene rings is 1. The summed E-state index contributed by atoms with van der Waals surface area (Å²) >= 11 is 1.66. The molecule has 7 heteroatoms. The number of likely N-dealkylation sites (tertiary alicyclic amines) is 1.